The van der Waals surface area contributed by atoms with Crippen molar-refractivity contribution in [3.05, 3.63) is 59.4 Å². The van der Waals surface area contributed by atoms with E-state index in [0.717, 1.165) is 17.2 Å². The summed E-state index contributed by atoms with van der Waals surface area (Å²) in [7, 11) is 1.80. The molecule has 128 valence electrons. The average Bonchev–Trinajstić information content (AvgIpc) is 2.59. The highest BCUT2D eigenvalue weighted by atomic mass is 35.5. The number of rotatable bonds is 9. The van der Waals surface area contributed by atoms with E-state index < -0.39 is 0 Å². The van der Waals surface area contributed by atoms with Gasteiger partial charge >= 0.3 is 0 Å². The Morgan fingerprint density at radius 3 is 2.92 bits per heavy atom. The van der Waals surface area contributed by atoms with Crippen LogP contribution in [0.1, 0.15) is 12.1 Å². The van der Waals surface area contributed by atoms with Gasteiger partial charge in [0.2, 0.25) is 5.91 Å². The molecule has 0 atom stereocenters. The number of hydrogen-bond acceptors (Lipinski definition) is 4. The fourth-order valence-corrected chi connectivity index (χ4v) is 3.02. The van der Waals surface area contributed by atoms with E-state index in [2.05, 4.69) is 4.98 Å². The molecule has 24 heavy (non-hydrogen) atoms. The number of aromatic nitrogens is 1. The number of carbonyl (C=O) groups is 1. The Kier molecular flexibility index (Phi) is 7.92. The maximum Gasteiger partial charge on any atom is 0.223 e. The topological polar surface area (TPSA) is 42.4 Å². The molecule has 0 spiro atoms. The van der Waals surface area contributed by atoms with Gasteiger partial charge in [-0.05, 0) is 30.3 Å². The second-order valence-corrected chi connectivity index (χ2v) is 6.79. The van der Waals surface area contributed by atoms with E-state index in [1.807, 2.05) is 30.3 Å². The number of nitrogens with zero attached hydrogens (tertiary/aromatic N) is 2. The van der Waals surface area contributed by atoms with Gasteiger partial charge in [0.1, 0.15) is 12.4 Å². The van der Waals surface area contributed by atoms with Gasteiger partial charge in [-0.3, -0.25) is 9.78 Å². The lowest BCUT2D eigenvalue weighted by atomic mass is 10.3. The quantitative estimate of drug-likeness (QED) is 0.633. The highest BCUT2D eigenvalue weighted by Crippen LogP contribution is 2.17. The predicted molar refractivity (Wildman–Crippen MR) is 99.6 cm³/mol. The van der Waals surface area contributed by atoms with Gasteiger partial charge in [-0.25, -0.2) is 0 Å². The minimum absolute atomic E-state index is 0.123. The highest BCUT2D eigenvalue weighted by molar-refractivity contribution is 7.98. The Labute approximate surface area is 152 Å². The summed E-state index contributed by atoms with van der Waals surface area (Å²) >= 11 is 7.62. The van der Waals surface area contributed by atoms with E-state index in [4.69, 9.17) is 16.3 Å². The van der Waals surface area contributed by atoms with Crippen LogP contribution in [0, 0.1) is 0 Å². The first-order chi connectivity index (χ1) is 11.6. The van der Waals surface area contributed by atoms with Crippen LogP contribution in [-0.2, 0) is 10.5 Å². The molecule has 1 aromatic heterocycles. The zero-order valence-corrected chi connectivity index (χ0v) is 15.2. The Hall–Kier alpha value is -1.72. The van der Waals surface area contributed by atoms with Crippen LogP contribution in [0.4, 0.5) is 0 Å². The van der Waals surface area contributed by atoms with Crippen LogP contribution in [0.15, 0.2) is 48.7 Å². The zero-order valence-electron chi connectivity index (χ0n) is 13.7. The lowest BCUT2D eigenvalue weighted by Gasteiger charge is -2.17. The van der Waals surface area contributed by atoms with Crippen LogP contribution in [0.25, 0.3) is 0 Å². The van der Waals surface area contributed by atoms with Crippen LogP contribution in [0.2, 0.25) is 5.02 Å². The summed E-state index contributed by atoms with van der Waals surface area (Å²) in [6.45, 7) is 1.000. The van der Waals surface area contributed by atoms with Crippen molar-refractivity contribution in [1.29, 1.82) is 0 Å². The summed E-state index contributed by atoms with van der Waals surface area (Å²) in [5.74, 6) is 2.46. The maximum absolute atomic E-state index is 12.1. The fraction of sp³-hybridized carbons (Fsp3) is 0.333. The molecule has 1 heterocycles. The molecule has 0 bridgehead atoms. The molecule has 0 N–H and O–H groups in total. The summed E-state index contributed by atoms with van der Waals surface area (Å²) in [5, 5.41) is 0.641. The standard InChI is InChI=1S/C18H21ClN2O2S/c1-21(10-11-23-17-7-4-5-15(19)13-17)18(22)8-12-24-14-16-6-2-3-9-20-16/h2-7,9,13H,8,10-12,14H2,1H3. The third kappa shape index (κ3) is 6.81. The molecule has 0 saturated carbocycles. The van der Waals surface area contributed by atoms with E-state index in [0.29, 0.717) is 30.3 Å². The fourth-order valence-electron chi connectivity index (χ4n) is 1.99. The van der Waals surface area contributed by atoms with Crippen molar-refractivity contribution in [2.75, 3.05) is 26.0 Å². The van der Waals surface area contributed by atoms with E-state index in [1.165, 1.54) is 0 Å². The van der Waals surface area contributed by atoms with Gasteiger partial charge in [-0.2, -0.15) is 11.8 Å². The van der Waals surface area contributed by atoms with E-state index >= 15 is 0 Å². The van der Waals surface area contributed by atoms with Crippen LogP contribution in [-0.4, -0.2) is 41.7 Å². The van der Waals surface area contributed by atoms with Gasteiger partial charge in [0, 0.05) is 36.2 Å². The highest BCUT2D eigenvalue weighted by Gasteiger charge is 2.08. The molecule has 6 heteroatoms. The van der Waals surface area contributed by atoms with Crippen LogP contribution in [0.3, 0.4) is 0 Å². The van der Waals surface area contributed by atoms with E-state index in [9.17, 15) is 4.79 Å². The Bertz CT molecular complexity index is 640. The first kappa shape index (κ1) is 18.6. The molecule has 0 radical (unpaired) electrons. The number of likely N-dealkylation sites (N-methyl/N-ethyl adjacent to an activating group) is 1. The van der Waals surface area contributed by atoms with Crippen molar-refractivity contribution < 1.29 is 9.53 Å². The average molecular weight is 365 g/mol. The van der Waals surface area contributed by atoms with Crippen LogP contribution >= 0.6 is 23.4 Å². The second-order valence-electron chi connectivity index (χ2n) is 5.24. The lowest BCUT2D eigenvalue weighted by molar-refractivity contribution is -0.129. The number of carbonyl (C=O) groups excluding carboxylic acids is 1. The van der Waals surface area contributed by atoms with Gasteiger partial charge in [-0.1, -0.05) is 23.7 Å². The van der Waals surface area contributed by atoms with E-state index in [1.54, 1.807) is 42.0 Å². The van der Waals surface area contributed by atoms with Crippen molar-refractivity contribution in [2.45, 2.75) is 12.2 Å². The molecule has 2 rings (SSSR count). The number of thioether (sulfide) groups is 1. The maximum atomic E-state index is 12.1. The number of ether oxygens (including phenoxy) is 1. The van der Waals surface area contributed by atoms with Crippen LogP contribution < -0.4 is 4.74 Å². The van der Waals surface area contributed by atoms with Gasteiger partial charge in [0.05, 0.1) is 12.2 Å². The monoisotopic (exact) mass is 364 g/mol. The van der Waals surface area contributed by atoms with Gasteiger partial charge < -0.3 is 9.64 Å². The molecule has 0 aliphatic rings. The minimum atomic E-state index is 0.123. The third-order valence-electron chi connectivity index (χ3n) is 3.35. The SMILES string of the molecule is CN(CCOc1cccc(Cl)c1)C(=O)CCSCc1ccccn1. The molecule has 1 amide bonds. The number of hydrogen-bond donors (Lipinski definition) is 0. The van der Waals surface area contributed by atoms with Crippen molar-refractivity contribution >= 4 is 29.3 Å². The molecule has 0 aliphatic carbocycles. The molecular weight excluding hydrogens is 344 g/mol. The number of halogens is 1. The lowest BCUT2D eigenvalue weighted by Crippen LogP contribution is -2.31. The van der Waals surface area contributed by atoms with Gasteiger partial charge in [-0.15, -0.1) is 0 Å². The van der Waals surface area contributed by atoms with E-state index in [-0.39, 0.29) is 5.91 Å². The van der Waals surface area contributed by atoms with Crippen LogP contribution in [0.5, 0.6) is 5.75 Å². The first-order valence-corrected chi connectivity index (χ1v) is 9.28. The Morgan fingerprint density at radius 1 is 1.29 bits per heavy atom. The molecule has 4 nitrogen and oxygen atoms in total. The van der Waals surface area contributed by atoms with Gasteiger partial charge in [0.25, 0.3) is 0 Å². The molecule has 0 aliphatic heterocycles. The molecule has 0 saturated heterocycles. The third-order valence-corrected chi connectivity index (χ3v) is 4.58. The Morgan fingerprint density at radius 2 is 2.17 bits per heavy atom. The Balaban J connectivity index is 1.60. The molecule has 0 unspecified atom stereocenters. The molecule has 1 aromatic carbocycles. The summed E-state index contributed by atoms with van der Waals surface area (Å²) in [6, 6.07) is 13.1. The molecule has 0 fully saturated rings. The van der Waals surface area contributed by atoms with Crippen molar-refractivity contribution in [2.24, 2.45) is 0 Å². The summed E-state index contributed by atoms with van der Waals surface area (Å²) in [5.41, 5.74) is 1.04. The second kappa shape index (κ2) is 10.2. The summed E-state index contributed by atoms with van der Waals surface area (Å²) < 4.78 is 5.60. The van der Waals surface area contributed by atoms with Crippen molar-refractivity contribution in [3.8, 4) is 5.75 Å². The summed E-state index contributed by atoms with van der Waals surface area (Å²) in [6.07, 6.45) is 2.31. The molecular formula is C18H21ClN2O2S. The smallest absolute Gasteiger partial charge is 0.223 e. The molecule has 2 aromatic rings. The zero-order chi connectivity index (χ0) is 17.2. The van der Waals surface area contributed by atoms with Crippen molar-refractivity contribution in [1.82, 2.24) is 9.88 Å². The predicted octanol–water partition coefficient (Wildman–Crippen LogP) is 3.90. The van der Waals surface area contributed by atoms with Crippen molar-refractivity contribution in [3.63, 3.8) is 0 Å². The largest absolute Gasteiger partial charge is 0.492 e. The normalized spacial score (nSPS) is 10.4. The number of amides is 1. The summed E-state index contributed by atoms with van der Waals surface area (Å²) in [4.78, 5) is 18.0. The number of pyridine rings is 1. The number of benzene rings is 1. The minimum Gasteiger partial charge on any atom is -0.492 e. The van der Waals surface area contributed by atoms with Gasteiger partial charge in [0.15, 0.2) is 0 Å². The first-order valence-electron chi connectivity index (χ1n) is 7.75.